The van der Waals surface area contributed by atoms with Crippen LogP contribution in [0.25, 0.3) is 0 Å². The van der Waals surface area contributed by atoms with Crippen molar-refractivity contribution in [3.8, 4) is 0 Å². The summed E-state index contributed by atoms with van der Waals surface area (Å²) in [6.45, 7) is 5.93. The van der Waals surface area contributed by atoms with E-state index in [9.17, 15) is 14.3 Å². The molecule has 0 bridgehead atoms. The van der Waals surface area contributed by atoms with Crippen molar-refractivity contribution >= 4 is 5.91 Å². The first-order chi connectivity index (χ1) is 14.0. The van der Waals surface area contributed by atoms with Crippen LogP contribution in [0.15, 0.2) is 48.5 Å². The topological polar surface area (TPSA) is 43.8 Å². The van der Waals surface area contributed by atoms with Gasteiger partial charge in [0.25, 0.3) is 5.91 Å². The van der Waals surface area contributed by atoms with Crippen molar-refractivity contribution in [2.75, 3.05) is 32.8 Å². The number of aliphatic hydroxyl groups is 1. The van der Waals surface area contributed by atoms with Gasteiger partial charge < -0.3 is 10.0 Å². The minimum Gasteiger partial charge on any atom is -0.396 e. The van der Waals surface area contributed by atoms with Gasteiger partial charge in [-0.25, -0.2) is 4.39 Å². The maximum Gasteiger partial charge on any atom is 0.253 e. The summed E-state index contributed by atoms with van der Waals surface area (Å²) in [5.74, 6) is -0.198. The Morgan fingerprint density at radius 3 is 2.55 bits per heavy atom. The standard InChI is InChI=1S/C24H29FN2O2/c1-18-7-8-20(13-22(18)25)23(29)27-11-9-24(10-12-27)17-26(15-21(24)16-28)14-19-5-3-2-4-6-19/h2-8,13,21,28H,9-12,14-17H2,1H3. The van der Waals surface area contributed by atoms with Crippen LogP contribution in [0, 0.1) is 24.1 Å². The first kappa shape index (κ1) is 20.0. The number of benzene rings is 2. The number of hydrogen-bond acceptors (Lipinski definition) is 3. The Morgan fingerprint density at radius 2 is 1.90 bits per heavy atom. The number of hydrogen-bond donors (Lipinski definition) is 1. The van der Waals surface area contributed by atoms with Crippen molar-refractivity contribution in [3.63, 3.8) is 0 Å². The van der Waals surface area contributed by atoms with E-state index in [2.05, 4.69) is 29.2 Å². The van der Waals surface area contributed by atoms with E-state index in [1.165, 1.54) is 11.6 Å². The van der Waals surface area contributed by atoms with Gasteiger partial charge in [-0.05, 0) is 48.4 Å². The molecule has 1 N–H and O–H groups in total. The number of rotatable bonds is 4. The largest absolute Gasteiger partial charge is 0.396 e. The molecule has 2 aromatic rings. The van der Waals surface area contributed by atoms with Gasteiger partial charge in [0.05, 0.1) is 0 Å². The van der Waals surface area contributed by atoms with E-state index in [0.29, 0.717) is 24.2 Å². The molecule has 4 rings (SSSR count). The lowest BCUT2D eigenvalue weighted by Crippen LogP contribution is -2.47. The molecule has 4 nitrogen and oxygen atoms in total. The molecule has 2 aromatic carbocycles. The molecule has 2 saturated heterocycles. The number of halogens is 1. The van der Waals surface area contributed by atoms with Crippen molar-refractivity contribution in [2.24, 2.45) is 11.3 Å². The lowest BCUT2D eigenvalue weighted by atomic mass is 9.71. The second-order valence-corrected chi connectivity index (χ2v) is 8.65. The molecule has 0 radical (unpaired) electrons. The minimum atomic E-state index is -0.336. The van der Waals surface area contributed by atoms with E-state index in [1.54, 1.807) is 19.1 Å². The number of aryl methyl sites for hydroxylation is 1. The summed E-state index contributed by atoms with van der Waals surface area (Å²) in [5, 5.41) is 10.0. The number of amides is 1. The van der Waals surface area contributed by atoms with Crippen LogP contribution in [0.4, 0.5) is 4.39 Å². The lowest BCUT2D eigenvalue weighted by Gasteiger charge is -2.42. The van der Waals surface area contributed by atoms with Crippen LogP contribution in [0.5, 0.6) is 0 Å². The van der Waals surface area contributed by atoms with Gasteiger partial charge >= 0.3 is 0 Å². The lowest BCUT2D eigenvalue weighted by molar-refractivity contribution is 0.0401. The number of nitrogens with zero attached hydrogens (tertiary/aromatic N) is 2. The summed E-state index contributed by atoms with van der Waals surface area (Å²) in [5.41, 5.74) is 2.31. The fraction of sp³-hybridized carbons (Fsp3) is 0.458. The Morgan fingerprint density at radius 1 is 1.17 bits per heavy atom. The Labute approximate surface area is 171 Å². The highest BCUT2D eigenvalue weighted by atomic mass is 19.1. The van der Waals surface area contributed by atoms with Crippen molar-refractivity contribution in [3.05, 3.63) is 71.0 Å². The SMILES string of the molecule is Cc1ccc(C(=O)N2CCC3(CC2)CN(Cc2ccccc2)CC3CO)cc1F. The molecule has 2 heterocycles. The molecule has 0 aromatic heterocycles. The zero-order chi connectivity index (χ0) is 20.4. The fourth-order valence-corrected chi connectivity index (χ4v) is 4.99. The summed E-state index contributed by atoms with van der Waals surface area (Å²) in [6, 6.07) is 15.1. The molecule has 5 heteroatoms. The molecule has 1 spiro atoms. The Hall–Kier alpha value is -2.24. The Kier molecular flexibility index (Phi) is 5.70. The van der Waals surface area contributed by atoms with Crippen molar-refractivity contribution < 1.29 is 14.3 Å². The first-order valence-electron chi connectivity index (χ1n) is 10.4. The summed E-state index contributed by atoms with van der Waals surface area (Å²) in [4.78, 5) is 17.1. The van der Waals surface area contributed by atoms with Crippen LogP contribution in [0.2, 0.25) is 0 Å². The fourth-order valence-electron chi connectivity index (χ4n) is 4.99. The number of likely N-dealkylation sites (tertiary alicyclic amines) is 2. The molecular weight excluding hydrogens is 367 g/mol. The molecule has 2 aliphatic heterocycles. The Balaban J connectivity index is 1.41. The number of carbonyl (C=O) groups excluding carboxylic acids is 1. The molecule has 29 heavy (non-hydrogen) atoms. The predicted molar refractivity (Wildman–Crippen MR) is 111 cm³/mol. The number of carbonyl (C=O) groups is 1. The summed E-state index contributed by atoms with van der Waals surface area (Å²) in [6.07, 6.45) is 1.76. The van der Waals surface area contributed by atoms with Gasteiger partial charge in [0.1, 0.15) is 5.82 Å². The van der Waals surface area contributed by atoms with E-state index >= 15 is 0 Å². The Bertz CT molecular complexity index is 862. The number of piperidine rings is 1. The molecule has 0 aliphatic carbocycles. The zero-order valence-corrected chi connectivity index (χ0v) is 17.0. The minimum absolute atomic E-state index is 0.0544. The van der Waals surface area contributed by atoms with Gasteiger partial charge in [0, 0.05) is 50.8 Å². The van der Waals surface area contributed by atoms with Crippen LogP contribution in [0.1, 0.15) is 34.3 Å². The van der Waals surface area contributed by atoms with Gasteiger partial charge in [-0.1, -0.05) is 36.4 Å². The maximum atomic E-state index is 13.9. The van der Waals surface area contributed by atoms with E-state index in [4.69, 9.17) is 0 Å². The summed E-state index contributed by atoms with van der Waals surface area (Å²) < 4.78 is 13.9. The maximum absolute atomic E-state index is 13.9. The highest BCUT2D eigenvalue weighted by molar-refractivity contribution is 5.94. The van der Waals surface area contributed by atoms with Crippen LogP contribution >= 0.6 is 0 Å². The predicted octanol–water partition coefficient (Wildman–Crippen LogP) is 3.48. The third kappa shape index (κ3) is 4.07. The molecular formula is C24H29FN2O2. The number of aliphatic hydroxyl groups excluding tert-OH is 1. The summed E-state index contributed by atoms with van der Waals surface area (Å²) in [7, 11) is 0. The summed E-state index contributed by atoms with van der Waals surface area (Å²) >= 11 is 0. The third-order valence-electron chi connectivity index (χ3n) is 6.82. The van der Waals surface area contributed by atoms with Crippen LogP contribution in [-0.4, -0.2) is 53.6 Å². The molecule has 1 atom stereocenters. The second kappa shape index (κ2) is 8.25. The molecule has 1 unspecified atom stereocenters. The smallest absolute Gasteiger partial charge is 0.253 e. The van der Waals surface area contributed by atoms with Crippen molar-refractivity contribution in [2.45, 2.75) is 26.3 Å². The molecule has 0 saturated carbocycles. The van der Waals surface area contributed by atoms with E-state index in [1.807, 2.05) is 11.0 Å². The molecule has 1 amide bonds. The van der Waals surface area contributed by atoms with Crippen LogP contribution < -0.4 is 0 Å². The molecule has 154 valence electrons. The first-order valence-corrected chi connectivity index (χ1v) is 10.4. The molecule has 2 fully saturated rings. The third-order valence-corrected chi connectivity index (χ3v) is 6.82. The highest BCUT2D eigenvalue weighted by Crippen LogP contribution is 2.45. The molecule has 2 aliphatic rings. The van der Waals surface area contributed by atoms with Crippen LogP contribution in [0.3, 0.4) is 0 Å². The van der Waals surface area contributed by atoms with Gasteiger partial charge in [0.15, 0.2) is 0 Å². The normalized spacial score (nSPS) is 21.6. The van der Waals surface area contributed by atoms with E-state index in [-0.39, 0.29) is 29.7 Å². The van der Waals surface area contributed by atoms with Crippen molar-refractivity contribution in [1.82, 2.24) is 9.80 Å². The quantitative estimate of drug-likeness (QED) is 0.861. The second-order valence-electron chi connectivity index (χ2n) is 8.65. The van der Waals surface area contributed by atoms with Crippen molar-refractivity contribution in [1.29, 1.82) is 0 Å². The van der Waals surface area contributed by atoms with Crippen LogP contribution in [-0.2, 0) is 6.54 Å². The average molecular weight is 397 g/mol. The monoisotopic (exact) mass is 396 g/mol. The van der Waals surface area contributed by atoms with Gasteiger partial charge in [0.2, 0.25) is 0 Å². The average Bonchev–Trinajstić information content (AvgIpc) is 3.07. The van der Waals surface area contributed by atoms with Gasteiger partial charge in [-0.2, -0.15) is 0 Å². The van der Waals surface area contributed by atoms with E-state index < -0.39 is 0 Å². The van der Waals surface area contributed by atoms with Gasteiger partial charge in [-0.3, -0.25) is 9.69 Å². The van der Waals surface area contributed by atoms with E-state index in [0.717, 1.165) is 32.5 Å². The zero-order valence-electron chi connectivity index (χ0n) is 17.0. The highest BCUT2D eigenvalue weighted by Gasteiger charge is 2.48. The van der Waals surface area contributed by atoms with Gasteiger partial charge in [-0.15, -0.1) is 0 Å².